The van der Waals surface area contributed by atoms with Gasteiger partial charge in [-0.25, -0.2) is 0 Å². The molecule has 0 saturated heterocycles. The van der Waals surface area contributed by atoms with Crippen LogP contribution in [0.3, 0.4) is 0 Å². The summed E-state index contributed by atoms with van der Waals surface area (Å²) in [7, 11) is 0. The summed E-state index contributed by atoms with van der Waals surface area (Å²) in [6, 6.07) is 0. The minimum absolute atomic E-state index is 0.561. The molecule has 2 unspecified atom stereocenters. The Hall–Kier alpha value is -0.160. The van der Waals surface area contributed by atoms with Crippen molar-refractivity contribution in [2.45, 2.75) is 49.9 Å². The van der Waals surface area contributed by atoms with Crippen molar-refractivity contribution in [2.24, 2.45) is 22.9 Å². The van der Waals surface area contributed by atoms with Gasteiger partial charge in [-0.3, -0.25) is 0 Å². The van der Waals surface area contributed by atoms with Gasteiger partial charge in [-0.15, -0.1) is 0 Å². The third kappa shape index (κ3) is 1.15. The van der Waals surface area contributed by atoms with E-state index in [1.165, 1.54) is 0 Å². The van der Waals surface area contributed by atoms with Gasteiger partial charge in [-0.2, -0.15) is 0 Å². The van der Waals surface area contributed by atoms with Crippen LogP contribution in [-0.2, 0) is 0 Å². The monoisotopic (exact) mass is 172 g/mol. The van der Waals surface area contributed by atoms with E-state index in [0.29, 0.717) is 0 Å². The predicted octanol–water partition coefficient (Wildman–Crippen LogP) is -0.781. The summed E-state index contributed by atoms with van der Waals surface area (Å²) in [5.41, 5.74) is 21.8. The van der Waals surface area contributed by atoms with Crippen LogP contribution in [0.15, 0.2) is 0 Å². The Labute approximate surface area is 73.6 Å². The number of rotatable bonds is 0. The van der Waals surface area contributed by atoms with E-state index in [1.807, 2.05) is 13.8 Å². The van der Waals surface area contributed by atoms with Gasteiger partial charge in [0.15, 0.2) is 0 Å². The van der Waals surface area contributed by atoms with Crippen LogP contribution in [0.25, 0.3) is 0 Å². The maximum absolute atomic E-state index is 6.00. The van der Waals surface area contributed by atoms with Gasteiger partial charge in [-0.05, 0) is 33.1 Å². The summed E-state index contributed by atoms with van der Waals surface area (Å²) in [5.74, 6) is 0. The topological polar surface area (TPSA) is 104 Å². The Kier molecular flexibility index (Phi) is 2.00. The van der Waals surface area contributed by atoms with E-state index in [9.17, 15) is 0 Å². The third-order valence-electron chi connectivity index (χ3n) is 3.28. The molecule has 4 nitrogen and oxygen atoms in total. The highest BCUT2D eigenvalue weighted by Crippen LogP contribution is 2.35. The molecule has 0 radical (unpaired) electrons. The molecule has 12 heavy (non-hydrogen) atoms. The Bertz CT molecular complexity index is 165. The first-order valence-corrected chi connectivity index (χ1v) is 4.36. The van der Waals surface area contributed by atoms with Crippen LogP contribution in [0.5, 0.6) is 0 Å². The number of hydrogen-bond donors (Lipinski definition) is 4. The molecule has 0 aromatic heterocycles. The maximum atomic E-state index is 6.00. The van der Waals surface area contributed by atoms with Crippen molar-refractivity contribution < 1.29 is 0 Å². The average Bonchev–Trinajstić information content (AvgIpc) is 1.83. The van der Waals surface area contributed by atoms with Gasteiger partial charge in [0.1, 0.15) is 5.66 Å². The van der Waals surface area contributed by atoms with Crippen LogP contribution in [0.2, 0.25) is 0 Å². The van der Waals surface area contributed by atoms with Crippen molar-refractivity contribution in [3.8, 4) is 0 Å². The molecule has 1 saturated carbocycles. The minimum Gasteiger partial charge on any atom is -0.323 e. The van der Waals surface area contributed by atoms with E-state index >= 15 is 0 Å². The normalized spacial score (nSPS) is 47.5. The molecule has 2 atom stereocenters. The fourth-order valence-corrected chi connectivity index (χ4v) is 1.89. The average molecular weight is 172 g/mol. The third-order valence-corrected chi connectivity index (χ3v) is 3.28. The van der Waals surface area contributed by atoms with Gasteiger partial charge in [0.05, 0.1) is 0 Å². The van der Waals surface area contributed by atoms with Crippen molar-refractivity contribution in [2.75, 3.05) is 0 Å². The maximum Gasteiger partial charge on any atom is 0.100 e. The first-order chi connectivity index (χ1) is 5.21. The lowest BCUT2D eigenvalue weighted by molar-refractivity contribution is 0.0819. The molecule has 8 N–H and O–H groups in total. The van der Waals surface area contributed by atoms with Gasteiger partial charge in [0.25, 0.3) is 0 Å². The summed E-state index contributed by atoms with van der Waals surface area (Å²) in [6.45, 7) is 3.74. The summed E-state index contributed by atoms with van der Waals surface area (Å²) in [6.07, 6.45) is 2.68. The van der Waals surface area contributed by atoms with Gasteiger partial charge in [0, 0.05) is 11.1 Å². The van der Waals surface area contributed by atoms with Crippen molar-refractivity contribution in [3.05, 3.63) is 0 Å². The molecule has 0 bridgehead atoms. The molecule has 0 spiro atoms. The van der Waals surface area contributed by atoms with Gasteiger partial charge < -0.3 is 22.9 Å². The molecule has 0 heterocycles. The first-order valence-electron chi connectivity index (χ1n) is 4.36. The molecular formula is C8H20N4. The van der Waals surface area contributed by atoms with E-state index in [1.54, 1.807) is 0 Å². The zero-order valence-electron chi connectivity index (χ0n) is 7.93. The highest BCUT2D eigenvalue weighted by atomic mass is 15.1. The molecule has 0 amide bonds. The summed E-state index contributed by atoms with van der Waals surface area (Å²) < 4.78 is 0. The Morgan fingerprint density at radius 3 is 1.42 bits per heavy atom. The summed E-state index contributed by atoms with van der Waals surface area (Å²) >= 11 is 0. The van der Waals surface area contributed by atoms with Crippen LogP contribution < -0.4 is 22.9 Å². The SMILES string of the molecule is CC1(N)CCCC(C)(N)C1(N)N. The predicted molar refractivity (Wildman–Crippen MR) is 50.1 cm³/mol. The van der Waals surface area contributed by atoms with E-state index < -0.39 is 16.7 Å². The van der Waals surface area contributed by atoms with Gasteiger partial charge in [0.2, 0.25) is 0 Å². The molecule has 1 aliphatic carbocycles. The second kappa shape index (κ2) is 2.42. The van der Waals surface area contributed by atoms with Crippen LogP contribution in [0.1, 0.15) is 33.1 Å². The molecule has 0 aliphatic heterocycles. The summed E-state index contributed by atoms with van der Waals surface area (Å²) in [5, 5.41) is 0. The van der Waals surface area contributed by atoms with Gasteiger partial charge >= 0.3 is 0 Å². The molecule has 4 heteroatoms. The molecule has 1 fully saturated rings. The fraction of sp³-hybridized carbons (Fsp3) is 1.00. The highest BCUT2D eigenvalue weighted by Gasteiger charge is 2.53. The quantitative estimate of drug-likeness (QED) is 0.360. The molecule has 1 aliphatic rings. The van der Waals surface area contributed by atoms with E-state index in [-0.39, 0.29) is 0 Å². The highest BCUT2D eigenvalue weighted by molar-refractivity contribution is 5.15. The van der Waals surface area contributed by atoms with Crippen LogP contribution in [-0.4, -0.2) is 16.7 Å². The lowest BCUT2D eigenvalue weighted by Gasteiger charge is -2.54. The lowest BCUT2D eigenvalue weighted by atomic mass is 9.65. The zero-order chi connectivity index (χ0) is 9.62. The molecule has 0 aromatic rings. The fourth-order valence-electron chi connectivity index (χ4n) is 1.89. The second-order valence-corrected chi connectivity index (χ2v) is 4.56. The second-order valence-electron chi connectivity index (χ2n) is 4.56. The van der Waals surface area contributed by atoms with Crippen LogP contribution in [0, 0.1) is 0 Å². The smallest absolute Gasteiger partial charge is 0.100 e. The molecule has 72 valence electrons. The zero-order valence-corrected chi connectivity index (χ0v) is 7.93. The molecule has 1 rings (SSSR count). The van der Waals surface area contributed by atoms with E-state index in [0.717, 1.165) is 19.3 Å². The van der Waals surface area contributed by atoms with Gasteiger partial charge in [-0.1, -0.05) is 0 Å². The number of nitrogens with two attached hydrogens (primary N) is 4. The molecular weight excluding hydrogens is 152 g/mol. The largest absolute Gasteiger partial charge is 0.323 e. The van der Waals surface area contributed by atoms with Crippen molar-refractivity contribution in [1.82, 2.24) is 0 Å². The lowest BCUT2D eigenvalue weighted by Crippen LogP contribution is -2.83. The van der Waals surface area contributed by atoms with Crippen LogP contribution in [0.4, 0.5) is 0 Å². The Balaban J connectivity index is 2.99. The van der Waals surface area contributed by atoms with E-state index in [2.05, 4.69) is 0 Å². The van der Waals surface area contributed by atoms with Crippen molar-refractivity contribution in [3.63, 3.8) is 0 Å². The number of hydrogen-bond acceptors (Lipinski definition) is 4. The van der Waals surface area contributed by atoms with Crippen molar-refractivity contribution >= 4 is 0 Å². The Morgan fingerprint density at radius 1 is 0.833 bits per heavy atom. The Morgan fingerprint density at radius 2 is 1.17 bits per heavy atom. The van der Waals surface area contributed by atoms with Crippen LogP contribution >= 0.6 is 0 Å². The standard InChI is InChI=1S/C8H20N4/c1-6(9)4-3-5-7(2,10)8(6,11)12/h3-5,9-12H2,1-2H3. The summed E-state index contributed by atoms with van der Waals surface area (Å²) in [4.78, 5) is 0. The first kappa shape index (κ1) is 9.92. The molecule has 0 aromatic carbocycles. The minimum atomic E-state index is -0.974. The van der Waals surface area contributed by atoms with Crippen molar-refractivity contribution in [1.29, 1.82) is 0 Å². The van der Waals surface area contributed by atoms with E-state index in [4.69, 9.17) is 22.9 Å².